The number of nitrogen functional groups attached to an aromatic ring is 1. The van der Waals surface area contributed by atoms with Crippen molar-refractivity contribution in [2.45, 2.75) is 12.8 Å². The van der Waals surface area contributed by atoms with E-state index in [0.29, 0.717) is 12.5 Å². The quantitative estimate of drug-likeness (QED) is 0.414. The highest BCUT2D eigenvalue weighted by Gasteiger charge is 2.45. The van der Waals surface area contributed by atoms with E-state index in [4.69, 9.17) is 22.1 Å². The number of nitrogens with zero attached hydrogens (tertiary/aromatic N) is 3. The number of nitrogens with one attached hydrogen (secondary N) is 1. The molecule has 1 aromatic heterocycles. The second-order valence-corrected chi connectivity index (χ2v) is 9.46. The van der Waals surface area contributed by atoms with Crippen LogP contribution >= 0.6 is 11.6 Å². The van der Waals surface area contributed by atoms with Crippen molar-refractivity contribution < 1.29 is 27.9 Å². The van der Waals surface area contributed by atoms with Crippen LogP contribution in [0, 0.1) is 23.5 Å². The number of halogens is 3. The predicted octanol–water partition coefficient (Wildman–Crippen LogP) is 4.82. The van der Waals surface area contributed by atoms with Gasteiger partial charge < -0.3 is 20.7 Å². The highest BCUT2D eigenvalue weighted by atomic mass is 35.5. The van der Waals surface area contributed by atoms with Gasteiger partial charge >= 0.3 is 6.03 Å². The minimum Gasteiger partial charge on any atom is -0.453 e. The summed E-state index contributed by atoms with van der Waals surface area (Å²) in [7, 11) is 0. The van der Waals surface area contributed by atoms with Gasteiger partial charge in [-0.2, -0.15) is 0 Å². The van der Waals surface area contributed by atoms with Gasteiger partial charge in [-0.05, 0) is 55.2 Å². The Balaban J connectivity index is 1.35. The van der Waals surface area contributed by atoms with Crippen LogP contribution in [0.5, 0.6) is 11.5 Å². The third kappa shape index (κ3) is 5.23. The van der Waals surface area contributed by atoms with Crippen molar-refractivity contribution in [1.29, 1.82) is 0 Å². The van der Waals surface area contributed by atoms with Gasteiger partial charge in [0.1, 0.15) is 22.6 Å². The summed E-state index contributed by atoms with van der Waals surface area (Å²) in [5.41, 5.74) is 5.87. The van der Waals surface area contributed by atoms with Crippen molar-refractivity contribution in [1.82, 2.24) is 9.88 Å². The molecule has 3 N–H and O–H groups in total. The fraction of sp³-hybridized carbons (Fsp3) is 0.231. The van der Waals surface area contributed by atoms with Crippen LogP contribution in [-0.4, -0.2) is 40.8 Å². The average Bonchev–Trinajstić information content (AvgIpc) is 3.70. The Morgan fingerprint density at radius 1 is 1.11 bits per heavy atom. The molecule has 2 aromatic carbocycles. The topological polar surface area (TPSA) is 118 Å². The van der Waals surface area contributed by atoms with Crippen molar-refractivity contribution in [2.75, 3.05) is 29.0 Å². The Morgan fingerprint density at radius 3 is 2.53 bits per heavy atom. The molecule has 1 saturated heterocycles. The Morgan fingerprint density at radius 2 is 1.84 bits per heavy atom. The lowest BCUT2D eigenvalue weighted by Crippen LogP contribution is -2.60. The average molecular weight is 542 g/mol. The SMILES string of the molecule is Nc1nccc(Oc2ccc(NC(=O)C3CN(CC4CC4)C(=O)N(c4ccc(F)cc4)C3=O)cc2F)c1Cl. The second-order valence-electron chi connectivity index (χ2n) is 9.08. The van der Waals surface area contributed by atoms with Gasteiger partial charge in [-0.3, -0.25) is 9.59 Å². The fourth-order valence-electron chi connectivity index (χ4n) is 4.09. The normalized spacial score (nSPS) is 17.5. The number of benzene rings is 2. The zero-order valence-electron chi connectivity index (χ0n) is 19.9. The van der Waals surface area contributed by atoms with Crippen LogP contribution in [0.2, 0.25) is 5.02 Å². The number of rotatable bonds is 7. The number of carbonyl (C=O) groups excluding carboxylic acids is 3. The van der Waals surface area contributed by atoms with E-state index in [1.165, 1.54) is 41.4 Å². The molecule has 0 spiro atoms. The van der Waals surface area contributed by atoms with E-state index in [2.05, 4.69) is 10.3 Å². The molecule has 2 fully saturated rings. The minimum absolute atomic E-state index is 0.0227. The molecule has 2 aliphatic rings. The zero-order chi connectivity index (χ0) is 27.0. The van der Waals surface area contributed by atoms with E-state index in [-0.39, 0.29) is 40.3 Å². The van der Waals surface area contributed by atoms with Gasteiger partial charge in [0.25, 0.3) is 0 Å². The lowest BCUT2D eigenvalue weighted by Gasteiger charge is -2.38. The maximum atomic E-state index is 14.8. The number of aromatic nitrogens is 1. The molecule has 0 bridgehead atoms. The van der Waals surface area contributed by atoms with Gasteiger partial charge in [0.15, 0.2) is 17.3 Å². The Hall–Kier alpha value is -4.25. The van der Waals surface area contributed by atoms with Crippen LogP contribution in [0.15, 0.2) is 54.7 Å². The smallest absolute Gasteiger partial charge is 0.331 e. The number of imide groups is 1. The standard InChI is InChI=1S/C26H22ClF2N5O4/c27-22-21(9-10-31-23(22)30)38-20-8-5-16(11-19(20)29)32-24(35)18-13-33(12-14-1-2-14)26(37)34(25(18)36)17-6-3-15(28)4-7-17/h3-11,14,18H,1-2,12-13H2,(H2,30,31)(H,32,35). The van der Waals surface area contributed by atoms with Crippen LogP contribution in [0.25, 0.3) is 0 Å². The van der Waals surface area contributed by atoms with Crippen molar-refractivity contribution >= 4 is 46.6 Å². The van der Waals surface area contributed by atoms with E-state index >= 15 is 0 Å². The number of anilines is 3. The maximum Gasteiger partial charge on any atom is 0.331 e. The summed E-state index contributed by atoms with van der Waals surface area (Å²) in [6.07, 6.45) is 3.27. The largest absolute Gasteiger partial charge is 0.453 e. The summed E-state index contributed by atoms with van der Waals surface area (Å²) >= 11 is 6.04. The van der Waals surface area contributed by atoms with E-state index in [0.717, 1.165) is 35.9 Å². The molecule has 4 amide bonds. The number of hydrogen-bond acceptors (Lipinski definition) is 6. The lowest BCUT2D eigenvalue weighted by molar-refractivity contribution is -0.132. The molecule has 1 unspecified atom stereocenters. The van der Waals surface area contributed by atoms with Gasteiger partial charge in [-0.25, -0.2) is 23.5 Å². The molecule has 196 valence electrons. The van der Waals surface area contributed by atoms with E-state index in [9.17, 15) is 23.2 Å². The van der Waals surface area contributed by atoms with E-state index in [1.54, 1.807) is 0 Å². The summed E-state index contributed by atoms with van der Waals surface area (Å²) in [6, 6.07) is 9.43. The molecule has 38 heavy (non-hydrogen) atoms. The van der Waals surface area contributed by atoms with Gasteiger partial charge in [-0.15, -0.1) is 0 Å². The number of carbonyl (C=O) groups is 3. The molecule has 1 saturated carbocycles. The maximum absolute atomic E-state index is 14.8. The number of pyridine rings is 1. The first kappa shape index (κ1) is 25.4. The molecule has 1 atom stereocenters. The van der Waals surface area contributed by atoms with Crippen molar-refractivity contribution in [3.63, 3.8) is 0 Å². The molecule has 5 rings (SSSR count). The summed E-state index contributed by atoms with van der Waals surface area (Å²) in [4.78, 5) is 45.7. The molecule has 3 aromatic rings. The minimum atomic E-state index is -1.26. The number of ether oxygens (including phenoxy) is 1. The molecule has 12 heteroatoms. The van der Waals surface area contributed by atoms with Crippen molar-refractivity contribution in [2.24, 2.45) is 11.8 Å². The first-order valence-electron chi connectivity index (χ1n) is 11.8. The summed E-state index contributed by atoms with van der Waals surface area (Å²) in [6.45, 7) is 0.277. The number of amides is 4. The van der Waals surface area contributed by atoms with Crippen LogP contribution in [0.4, 0.5) is 30.8 Å². The summed E-state index contributed by atoms with van der Waals surface area (Å²) in [5, 5.41) is 2.57. The third-order valence-electron chi connectivity index (χ3n) is 6.26. The number of urea groups is 1. The van der Waals surface area contributed by atoms with E-state index in [1.807, 2.05) is 0 Å². The first-order valence-corrected chi connectivity index (χ1v) is 12.2. The van der Waals surface area contributed by atoms with Gasteiger partial charge in [0.05, 0.1) is 5.69 Å². The summed E-state index contributed by atoms with van der Waals surface area (Å²) < 4.78 is 33.7. The molecular weight excluding hydrogens is 520 g/mol. The monoisotopic (exact) mass is 541 g/mol. The Labute approximate surface area is 221 Å². The van der Waals surface area contributed by atoms with Gasteiger partial charge in [0, 0.05) is 37.1 Å². The third-order valence-corrected chi connectivity index (χ3v) is 6.64. The highest BCUT2D eigenvalue weighted by molar-refractivity contribution is 6.34. The molecule has 9 nitrogen and oxygen atoms in total. The number of hydrogen-bond donors (Lipinski definition) is 2. The number of nitrogens with two attached hydrogens (primary N) is 1. The Kier molecular flexibility index (Phi) is 6.85. The molecule has 2 heterocycles. The summed E-state index contributed by atoms with van der Waals surface area (Å²) in [5.74, 6) is -3.80. The van der Waals surface area contributed by atoms with Crippen molar-refractivity contribution in [3.05, 3.63) is 71.4 Å². The lowest BCUT2D eigenvalue weighted by atomic mass is 10.0. The highest BCUT2D eigenvalue weighted by Crippen LogP contribution is 2.35. The molecule has 0 radical (unpaired) electrons. The van der Waals surface area contributed by atoms with Crippen LogP contribution in [0.1, 0.15) is 12.8 Å². The Bertz CT molecular complexity index is 1420. The van der Waals surface area contributed by atoms with E-state index < -0.39 is 35.4 Å². The van der Waals surface area contributed by atoms with Crippen LogP contribution < -0.4 is 20.7 Å². The molecular formula is C26H22ClF2N5O4. The van der Waals surface area contributed by atoms with Gasteiger partial charge in [-0.1, -0.05) is 11.6 Å². The zero-order valence-corrected chi connectivity index (χ0v) is 20.6. The fourth-order valence-corrected chi connectivity index (χ4v) is 4.24. The first-order chi connectivity index (χ1) is 18.2. The van der Waals surface area contributed by atoms with Crippen molar-refractivity contribution in [3.8, 4) is 11.5 Å². The van der Waals surface area contributed by atoms with Crippen LogP contribution in [-0.2, 0) is 9.59 Å². The predicted molar refractivity (Wildman–Crippen MR) is 136 cm³/mol. The van der Waals surface area contributed by atoms with Gasteiger partial charge in [0.2, 0.25) is 11.8 Å². The second kappa shape index (κ2) is 10.3. The molecule has 1 aliphatic carbocycles. The molecule has 1 aliphatic heterocycles. The van der Waals surface area contributed by atoms with Crippen LogP contribution in [0.3, 0.4) is 0 Å².